The lowest BCUT2D eigenvalue weighted by Gasteiger charge is -2.20. The Bertz CT molecular complexity index is 361. The van der Waals surface area contributed by atoms with Crippen LogP contribution in [0, 0.1) is 0 Å². The largest absolute Gasteiger partial charge is 0.342 e. The van der Waals surface area contributed by atoms with E-state index in [0.717, 1.165) is 31.6 Å². The van der Waals surface area contributed by atoms with Crippen molar-refractivity contribution in [1.29, 1.82) is 0 Å². The van der Waals surface area contributed by atoms with Crippen molar-refractivity contribution in [1.82, 2.24) is 20.2 Å². The third kappa shape index (κ3) is 4.07. The van der Waals surface area contributed by atoms with Crippen LogP contribution < -0.4 is 5.32 Å². The van der Waals surface area contributed by atoms with Crippen molar-refractivity contribution < 1.29 is 4.79 Å². The highest BCUT2D eigenvalue weighted by molar-refractivity contribution is 5.78. The number of nitrogens with one attached hydrogen (secondary N) is 1. The summed E-state index contributed by atoms with van der Waals surface area (Å²) < 4.78 is 0. The van der Waals surface area contributed by atoms with Crippen LogP contribution >= 0.6 is 0 Å². The molecule has 1 fully saturated rings. The molecular weight excluding hydrogens is 228 g/mol. The van der Waals surface area contributed by atoms with Crippen molar-refractivity contribution >= 4 is 5.91 Å². The number of carbonyl (C=O) groups excluding carboxylic acids is 1. The first kappa shape index (κ1) is 13.0. The van der Waals surface area contributed by atoms with Crippen molar-refractivity contribution in [2.24, 2.45) is 0 Å². The number of hydrogen-bond acceptors (Lipinski definition) is 4. The molecular formula is C13H20N4O. The Morgan fingerprint density at radius 3 is 2.72 bits per heavy atom. The Morgan fingerprint density at radius 2 is 2.06 bits per heavy atom. The van der Waals surface area contributed by atoms with E-state index in [-0.39, 0.29) is 5.91 Å². The molecule has 1 aromatic heterocycles. The van der Waals surface area contributed by atoms with Gasteiger partial charge in [0.1, 0.15) is 6.33 Å². The maximum Gasteiger partial charge on any atom is 0.236 e. The van der Waals surface area contributed by atoms with E-state index in [2.05, 4.69) is 15.3 Å². The second-order valence-electron chi connectivity index (χ2n) is 4.60. The van der Waals surface area contributed by atoms with E-state index in [1.807, 2.05) is 11.0 Å². The average Bonchev–Trinajstić information content (AvgIpc) is 2.69. The summed E-state index contributed by atoms with van der Waals surface area (Å²) in [5.41, 5.74) is 0.911. The van der Waals surface area contributed by atoms with Crippen LogP contribution in [-0.4, -0.2) is 40.4 Å². The summed E-state index contributed by atoms with van der Waals surface area (Å²) in [5.74, 6) is 0.200. The van der Waals surface area contributed by atoms with Crippen molar-refractivity contribution in [3.8, 4) is 0 Å². The maximum absolute atomic E-state index is 12.0. The fraction of sp³-hybridized carbons (Fsp3) is 0.615. The van der Waals surface area contributed by atoms with Crippen LogP contribution in [0.25, 0.3) is 0 Å². The van der Waals surface area contributed by atoms with E-state index in [0.29, 0.717) is 13.1 Å². The van der Waals surface area contributed by atoms with Gasteiger partial charge >= 0.3 is 0 Å². The van der Waals surface area contributed by atoms with Crippen LogP contribution in [0.1, 0.15) is 31.4 Å². The normalized spacial score (nSPS) is 16.3. The molecule has 0 aromatic carbocycles. The Hall–Kier alpha value is -1.49. The lowest BCUT2D eigenvalue weighted by atomic mass is 10.2. The van der Waals surface area contributed by atoms with Gasteiger partial charge in [0.15, 0.2) is 0 Å². The zero-order valence-electron chi connectivity index (χ0n) is 10.6. The van der Waals surface area contributed by atoms with E-state index in [9.17, 15) is 4.79 Å². The van der Waals surface area contributed by atoms with E-state index >= 15 is 0 Å². The van der Waals surface area contributed by atoms with E-state index < -0.39 is 0 Å². The van der Waals surface area contributed by atoms with Gasteiger partial charge in [-0.3, -0.25) is 4.79 Å². The number of likely N-dealkylation sites (tertiary alicyclic amines) is 1. The SMILES string of the molecule is O=C(CNCc1ccncn1)N1CCCCCC1. The summed E-state index contributed by atoms with van der Waals surface area (Å²) in [6, 6.07) is 1.85. The van der Waals surface area contributed by atoms with Crippen LogP contribution in [0.2, 0.25) is 0 Å². The van der Waals surface area contributed by atoms with Crippen molar-refractivity contribution in [3.63, 3.8) is 0 Å². The molecule has 1 aliphatic rings. The molecule has 0 aliphatic carbocycles. The zero-order valence-corrected chi connectivity index (χ0v) is 10.6. The van der Waals surface area contributed by atoms with Crippen molar-refractivity contribution in [3.05, 3.63) is 24.3 Å². The minimum atomic E-state index is 0.200. The minimum absolute atomic E-state index is 0.200. The summed E-state index contributed by atoms with van der Waals surface area (Å²) in [6.45, 7) is 2.83. The summed E-state index contributed by atoms with van der Waals surface area (Å²) in [4.78, 5) is 21.9. The molecule has 1 aromatic rings. The second-order valence-corrected chi connectivity index (χ2v) is 4.60. The molecule has 1 aliphatic heterocycles. The highest BCUT2D eigenvalue weighted by Gasteiger charge is 2.14. The molecule has 0 spiro atoms. The van der Waals surface area contributed by atoms with Gasteiger partial charge in [-0.25, -0.2) is 9.97 Å². The predicted octanol–water partition coefficient (Wildman–Crippen LogP) is 0.969. The smallest absolute Gasteiger partial charge is 0.236 e. The van der Waals surface area contributed by atoms with Gasteiger partial charge in [-0.05, 0) is 18.9 Å². The third-order valence-electron chi connectivity index (χ3n) is 3.18. The molecule has 1 saturated heterocycles. The van der Waals surface area contributed by atoms with Gasteiger partial charge in [-0.15, -0.1) is 0 Å². The van der Waals surface area contributed by atoms with Crippen molar-refractivity contribution in [2.75, 3.05) is 19.6 Å². The topological polar surface area (TPSA) is 58.1 Å². The van der Waals surface area contributed by atoms with Gasteiger partial charge in [0.25, 0.3) is 0 Å². The summed E-state index contributed by atoms with van der Waals surface area (Å²) in [5, 5.41) is 3.14. The molecule has 5 nitrogen and oxygen atoms in total. The molecule has 0 bridgehead atoms. The molecule has 1 N–H and O–H groups in total. The molecule has 98 valence electrons. The monoisotopic (exact) mass is 248 g/mol. The number of amides is 1. The minimum Gasteiger partial charge on any atom is -0.342 e. The first-order valence-corrected chi connectivity index (χ1v) is 6.59. The Morgan fingerprint density at radius 1 is 1.28 bits per heavy atom. The Balaban J connectivity index is 1.71. The van der Waals surface area contributed by atoms with Gasteiger partial charge in [-0.1, -0.05) is 12.8 Å². The predicted molar refractivity (Wildman–Crippen MR) is 68.8 cm³/mol. The third-order valence-corrected chi connectivity index (χ3v) is 3.18. The summed E-state index contributed by atoms with van der Waals surface area (Å²) in [7, 11) is 0. The first-order chi connectivity index (χ1) is 8.86. The molecule has 5 heteroatoms. The molecule has 0 atom stereocenters. The average molecular weight is 248 g/mol. The quantitative estimate of drug-likeness (QED) is 0.862. The molecule has 2 heterocycles. The second kappa shape index (κ2) is 7.06. The fourth-order valence-electron chi connectivity index (χ4n) is 2.15. The van der Waals surface area contributed by atoms with Crippen LogP contribution in [0.15, 0.2) is 18.6 Å². The van der Waals surface area contributed by atoms with Gasteiger partial charge in [-0.2, -0.15) is 0 Å². The fourth-order valence-corrected chi connectivity index (χ4v) is 2.15. The van der Waals surface area contributed by atoms with Crippen molar-refractivity contribution in [2.45, 2.75) is 32.2 Å². The van der Waals surface area contributed by atoms with Gasteiger partial charge in [0, 0.05) is 25.8 Å². The number of carbonyl (C=O) groups is 1. The zero-order chi connectivity index (χ0) is 12.6. The van der Waals surface area contributed by atoms with Crippen LogP contribution in [0.4, 0.5) is 0 Å². The molecule has 0 unspecified atom stereocenters. The van der Waals surface area contributed by atoms with Crippen LogP contribution in [-0.2, 0) is 11.3 Å². The van der Waals surface area contributed by atoms with E-state index in [4.69, 9.17) is 0 Å². The molecule has 0 saturated carbocycles. The number of hydrogen-bond donors (Lipinski definition) is 1. The highest BCUT2D eigenvalue weighted by atomic mass is 16.2. The Labute approximate surface area is 108 Å². The van der Waals surface area contributed by atoms with E-state index in [1.54, 1.807) is 6.20 Å². The molecule has 18 heavy (non-hydrogen) atoms. The maximum atomic E-state index is 12.0. The number of nitrogens with zero attached hydrogens (tertiary/aromatic N) is 3. The lowest BCUT2D eigenvalue weighted by molar-refractivity contribution is -0.130. The molecule has 1 amide bonds. The summed E-state index contributed by atoms with van der Waals surface area (Å²) in [6.07, 6.45) is 8.00. The van der Waals surface area contributed by atoms with Crippen LogP contribution in [0.3, 0.4) is 0 Å². The highest BCUT2D eigenvalue weighted by Crippen LogP contribution is 2.09. The lowest BCUT2D eigenvalue weighted by Crippen LogP contribution is -2.38. The first-order valence-electron chi connectivity index (χ1n) is 6.59. The number of aromatic nitrogens is 2. The van der Waals surface area contributed by atoms with Gasteiger partial charge in [0.2, 0.25) is 5.91 Å². The van der Waals surface area contributed by atoms with Gasteiger partial charge in [0.05, 0.1) is 12.2 Å². The molecule has 2 rings (SSSR count). The molecule has 0 radical (unpaired) electrons. The van der Waals surface area contributed by atoms with Gasteiger partial charge < -0.3 is 10.2 Å². The summed E-state index contributed by atoms with van der Waals surface area (Å²) >= 11 is 0. The standard InChI is InChI=1S/C13H20N4O/c18-13(17-7-3-1-2-4-8-17)10-15-9-12-5-6-14-11-16-12/h5-6,11,15H,1-4,7-10H2. The van der Waals surface area contributed by atoms with E-state index in [1.165, 1.54) is 19.2 Å². The van der Waals surface area contributed by atoms with Crippen LogP contribution in [0.5, 0.6) is 0 Å². The Kier molecular flexibility index (Phi) is 5.08. The number of rotatable bonds is 4.